The Kier molecular flexibility index (Phi) is 6.28. The summed E-state index contributed by atoms with van der Waals surface area (Å²) in [5.41, 5.74) is 4.87. The molecule has 0 amide bonds. The van der Waals surface area contributed by atoms with Crippen LogP contribution < -0.4 is 0 Å². The van der Waals surface area contributed by atoms with Crippen molar-refractivity contribution in [1.82, 2.24) is 19.7 Å². The van der Waals surface area contributed by atoms with Gasteiger partial charge in [-0.05, 0) is 50.1 Å². The highest BCUT2D eigenvalue weighted by Gasteiger charge is 2.23. The lowest BCUT2D eigenvalue weighted by molar-refractivity contribution is 0.0993. The van der Waals surface area contributed by atoms with Crippen LogP contribution in [0, 0.1) is 13.8 Å². The number of aromatic nitrogens is 4. The lowest BCUT2D eigenvalue weighted by atomic mass is 10.0. The summed E-state index contributed by atoms with van der Waals surface area (Å²) in [6.45, 7) is 6.53. The molecule has 31 heavy (non-hydrogen) atoms. The van der Waals surface area contributed by atoms with E-state index in [1.54, 1.807) is 12.4 Å². The van der Waals surface area contributed by atoms with Crippen LogP contribution in [0.25, 0.3) is 11.4 Å². The maximum Gasteiger partial charge on any atom is 0.192 e. The number of carbonyl (C=O) groups is 1. The van der Waals surface area contributed by atoms with Gasteiger partial charge in [0.25, 0.3) is 0 Å². The van der Waals surface area contributed by atoms with Crippen molar-refractivity contribution in [2.45, 2.75) is 37.7 Å². The molecule has 4 rings (SSSR count). The number of pyridine rings is 1. The van der Waals surface area contributed by atoms with Gasteiger partial charge in [0.2, 0.25) is 0 Å². The molecule has 0 unspecified atom stereocenters. The van der Waals surface area contributed by atoms with E-state index >= 15 is 0 Å². The number of ketones is 1. The molecule has 0 radical (unpaired) electrons. The fraction of sp³-hybridized carbons (Fsp3) is 0.200. The first-order valence-corrected chi connectivity index (χ1v) is 11.1. The van der Waals surface area contributed by atoms with E-state index in [0.29, 0.717) is 11.7 Å². The number of hydrogen-bond donors (Lipinski definition) is 0. The third-order valence-electron chi connectivity index (χ3n) is 5.13. The molecule has 0 aliphatic carbocycles. The van der Waals surface area contributed by atoms with E-state index in [-0.39, 0.29) is 11.0 Å². The summed E-state index contributed by atoms with van der Waals surface area (Å²) in [5.74, 6) is 0.842. The Bertz CT molecular complexity index is 1190. The molecule has 0 spiro atoms. The number of carbonyl (C=O) groups excluding carboxylic acids is 1. The van der Waals surface area contributed by atoms with Crippen LogP contribution in [-0.2, 0) is 6.54 Å². The van der Waals surface area contributed by atoms with Crippen molar-refractivity contribution in [3.8, 4) is 11.4 Å². The molecule has 4 aromatic rings. The molecule has 0 saturated heterocycles. The number of thioether (sulfide) groups is 1. The van der Waals surface area contributed by atoms with E-state index < -0.39 is 0 Å². The number of nitrogens with zero attached hydrogens (tertiary/aromatic N) is 4. The summed E-state index contributed by atoms with van der Waals surface area (Å²) in [6.07, 6.45) is 3.52. The molecule has 5 nitrogen and oxygen atoms in total. The van der Waals surface area contributed by atoms with Crippen LogP contribution in [-0.4, -0.2) is 30.8 Å². The van der Waals surface area contributed by atoms with Gasteiger partial charge in [0, 0.05) is 23.5 Å². The van der Waals surface area contributed by atoms with Crippen LogP contribution in [0.1, 0.15) is 34.0 Å². The van der Waals surface area contributed by atoms with Crippen molar-refractivity contribution < 1.29 is 4.79 Å². The maximum atomic E-state index is 13.2. The van der Waals surface area contributed by atoms with Crippen LogP contribution in [0.4, 0.5) is 0 Å². The average Bonchev–Trinajstić information content (AvgIpc) is 3.18. The van der Waals surface area contributed by atoms with E-state index in [9.17, 15) is 4.79 Å². The summed E-state index contributed by atoms with van der Waals surface area (Å²) in [7, 11) is 0. The molecular formula is C25H24N4OS. The first-order valence-electron chi connectivity index (χ1n) is 10.2. The molecule has 156 valence electrons. The number of aryl methyl sites for hydroxylation is 2. The predicted octanol–water partition coefficient (Wildman–Crippen LogP) is 5.37. The second-order valence-electron chi connectivity index (χ2n) is 7.56. The van der Waals surface area contributed by atoms with Gasteiger partial charge in [-0.25, -0.2) is 0 Å². The zero-order valence-electron chi connectivity index (χ0n) is 17.8. The molecule has 6 heteroatoms. The Hall–Kier alpha value is -3.25. The summed E-state index contributed by atoms with van der Waals surface area (Å²) >= 11 is 1.44. The molecule has 0 fully saturated rings. The van der Waals surface area contributed by atoms with Gasteiger partial charge < -0.3 is 0 Å². The lowest BCUT2D eigenvalue weighted by Gasteiger charge is -2.14. The highest BCUT2D eigenvalue weighted by Crippen LogP contribution is 2.29. The van der Waals surface area contributed by atoms with Gasteiger partial charge in [0.15, 0.2) is 16.8 Å². The molecule has 2 aromatic heterocycles. The standard InChI is InChI=1S/C25H24N4OS/c1-17-11-12-18(2)22(14-17)23(30)19(3)31-25-28-27-24(21-10-7-13-26-15-21)29(25)16-20-8-5-4-6-9-20/h4-15,19H,16H2,1-3H3/t19-/m1/s1. The molecule has 0 N–H and O–H groups in total. The maximum absolute atomic E-state index is 13.2. The molecule has 0 saturated carbocycles. The number of Topliss-reactive ketones (excluding diaryl/α,β-unsaturated/α-hetero) is 1. The van der Waals surface area contributed by atoms with Crippen molar-refractivity contribution in [1.29, 1.82) is 0 Å². The Morgan fingerprint density at radius 1 is 1.03 bits per heavy atom. The Balaban J connectivity index is 1.67. The number of hydrogen-bond acceptors (Lipinski definition) is 5. The third kappa shape index (κ3) is 4.75. The van der Waals surface area contributed by atoms with E-state index in [0.717, 1.165) is 33.6 Å². The smallest absolute Gasteiger partial charge is 0.192 e. The minimum absolute atomic E-state index is 0.100. The quantitative estimate of drug-likeness (QED) is 0.293. The van der Waals surface area contributed by atoms with Crippen molar-refractivity contribution in [3.05, 3.63) is 95.3 Å². The summed E-state index contributed by atoms with van der Waals surface area (Å²) in [5, 5.41) is 9.31. The predicted molar refractivity (Wildman–Crippen MR) is 124 cm³/mol. The first-order chi connectivity index (χ1) is 15.0. The van der Waals surface area contributed by atoms with Crippen molar-refractivity contribution in [2.24, 2.45) is 0 Å². The van der Waals surface area contributed by atoms with Crippen LogP contribution in [0.15, 0.2) is 78.2 Å². The van der Waals surface area contributed by atoms with Crippen LogP contribution in [0.5, 0.6) is 0 Å². The van der Waals surface area contributed by atoms with Crippen molar-refractivity contribution in [2.75, 3.05) is 0 Å². The van der Waals surface area contributed by atoms with Gasteiger partial charge in [0.1, 0.15) is 0 Å². The monoisotopic (exact) mass is 428 g/mol. The average molecular weight is 429 g/mol. The number of rotatable bonds is 7. The SMILES string of the molecule is Cc1ccc(C)c(C(=O)[C@@H](C)Sc2nnc(-c3cccnc3)n2Cc2ccccc2)c1. The molecule has 0 bridgehead atoms. The Morgan fingerprint density at radius 2 is 1.84 bits per heavy atom. The molecular weight excluding hydrogens is 404 g/mol. The van der Waals surface area contributed by atoms with Gasteiger partial charge in [-0.2, -0.15) is 0 Å². The highest BCUT2D eigenvalue weighted by molar-refractivity contribution is 8.00. The van der Waals surface area contributed by atoms with Crippen molar-refractivity contribution in [3.63, 3.8) is 0 Å². The molecule has 0 aliphatic heterocycles. The van der Waals surface area contributed by atoms with Crippen LogP contribution in [0.2, 0.25) is 0 Å². The van der Waals surface area contributed by atoms with Gasteiger partial charge in [0.05, 0.1) is 11.8 Å². The normalized spacial score (nSPS) is 12.0. The van der Waals surface area contributed by atoms with Gasteiger partial charge in [-0.3, -0.25) is 14.3 Å². The number of benzene rings is 2. The summed E-state index contributed by atoms with van der Waals surface area (Å²) in [6, 6.07) is 20.0. The van der Waals surface area contributed by atoms with E-state index in [1.807, 2.05) is 69.3 Å². The van der Waals surface area contributed by atoms with Crippen LogP contribution in [0.3, 0.4) is 0 Å². The minimum atomic E-state index is -0.291. The second kappa shape index (κ2) is 9.27. The first kappa shape index (κ1) is 21.0. The molecule has 2 heterocycles. The lowest BCUT2D eigenvalue weighted by Crippen LogP contribution is -2.16. The Labute approximate surface area is 186 Å². The van der Waals surface area contributed by atoms with Gasteiger partial charge in [-0.15, -0.1) is 10.2 Å². The van der Waals surface area contributed by atoms with Crippen molar-refractivity contribution >= 4 is 17.5 Å². The zero-order chi connectivity index (χ0) is 21.8. The third-order valence-corrected chi connectivity index (χ3v) is 6.21. The van der Waals surface area contributed by atoms with E-state index in [2.05, 4.69) is 31.9 Å². The fourth-order valence-corrected chi connectivity index (χ4v) is 4.34. The molecule has 1 atom stereocenters. The molecule has 0 aliphatic rings. The second-order valence-corrected chi connectivity index (χ2v) is 8.87. The summed E-state index contributed by atoms with van der Waals surface area (Å²) in [4.78, 5) is 17.4. The van der Waals surface area contributed by atoms with Gasteiger partial charge in [-0.1, -0.05) is 59.8 Å². The fourth-order valence-electron chi connectivity index (χ4n) is 3.42. The highest BCUT2D eigenvalue weighted by atomic mass is 32.2. The largest absolute Gasteiger partial charge is 0.297 e. The summed E-state index contributed by atoms with van der Waals surface area (Å²) < 4.78 is 2.06. The van der Waals surface area contributed by atoms with E-state index in [4.69, 9.17) is 0 Å². The van der Waals surface area contributed by atoms with Gasteiger partial charge >= 0.3 is 0 Å². The topological polar surface area (TPSA) is 60.7 Å². The Morgan fingerprint density at radius 3 is 2.58 bits per heavy atom. The van der Waals surface area contributed by atoms with E-state index in [1.165, 1.54) is 11.8 Å². The zero-order valence-corrected chi connectivity index (χ0v) is 18.6. The van der Waals surface area contributed by atoms with Crippen LogP contribution >= 0.6 is 11.8 Å². The minimum Gasteiger partial charge on any atom is -0.297 e. The molecule has 2 aromatic carbocycles.